The van der Waals surface area contributed by atoms with E-state index in [1.807, 2.05) is 6.07 Å². The number of rotatable bonds is 6. The van der Waals surface area contributed by atoms with Crippen LogP contribution in [0.1, 0.15) is 12.1 Å². The van der Waals surface area contributed by atoms with Crippen LogP contribution in [0.25, 0.3) is 5.69 Å². The Balaban J connectivity index is 1.92. The molecular formula is C13H15Cl2N5O. The molecule has 0 fully saturated rings. The van der Waals surface area contributed by atoms with Crippen LogP contribution in [0.5, 0.6) is 0 Å². The molecule has 0 saturated heterocycles. The van der Waals surface area contributed by atoms with E-state index in [1.165, 1.54) is 0 Å². The van der Waals surface area contributed by atoms with Crippen molar-refractivity contribution in [1.82, 2.24) is 25.6 Å². The van der Waals surface area contributed by atoms with Gasteiger partial charge in [0.15, 0.2) is 0 Å². The van der Waals surface area contributed by atoms with Crippen molar-refractivity contribution in [3.63, 3.8) is 0 Å². The molecule has 0 atom stereocenters. The van der Waals surface area contributed by atoms with Gasteiger partial charge < -0.3 is 10.6 Å². The van der Waals surface area contributed by atoms with Crippen LogP contribution in [0.15, 0.2) is 24.4 Å². The molecule has 2 N–H and O–H groups in total. The first-order chi connectivity index (χ1) is 10.1. The molecule has 1 amide bonds. The maximum absolute atomic E-state index is 11.1. The Morgan fingerprint density at radius 3 is 2.86 bits per heavy atom. The summed E-state index contributed by atoms with van der Waals surface area (Å²) in [5.74, 6) is 0.00182. The summed E-state index contributed by atoms with van der Waals surface area (Å²) in [5, 5.41) is 14.7. The molecular weight excluding hydrogens is 313 g/mol. The lowest BCUT2D eigenvalue weighted by Gasteiger charge is -2.02. The predicted octanol–water partition coefficient (Wildman–Crippen LogP) is 1.80. The number of hydrogen-bond donors (Lipinski definition) is 2. The number of nitrogens with zero attached hydrogens (tertiary/aromatic N) is 3. The molecule has 1 heterocycles. The molecule has 0 radical (unpaired) electrons. The summed E-state index contributed by atoms with van der Waals surface area (Å²) in [4.78, 5) is 11.1. The fraction of sp³-hybridized carbons (Fsp3) is 0.308. The van der Waals surface area contributed by atoms with Gasteiger partial charge in [-0.2, -0.15) is 0 Å². The van der Waals surface area contributed by atoms with Gasteiger partial charge in [-0.3, -0.25) is 4.79 Å². The number of aromatic nitrogens is 3. The first-order valence-corrected chi connectivity index (χ1v) is 7.13. The van der Waals surface area contributed by atoms with Gasteiger partial charge in [0.25, 0.3) is 0 Å². The second-order valence-electron chi connectivity index (χ2n) is 4.35. The quantitative estimate of drug-likeness (QED) is 0.793. The van der Waals surface area contributed by atoms with Crippen molar-refractivity contribution in [2.24, 2.45) is 0 Å². The van der Waals surface area contributed by atoms with Gasteiger partial charge in [0.2, 0.25) is 5.91 Å². The summed E-state index contributed by atoms with van der Waals surface area (Å²) in [6.07, 6.45) is 2.23. The zero-order valence-corrected chi connectivity index (χ0v) is 12.9. The summed E-state index contributed by atoms with van der Waals surface area (Å²) < 4.78 is 1.62. The molecule has 0 aliphatic carbocycles. The summed E-state index contributed by atoms with van der Waals surface area (Å²) in [7, 11) is 1.62. The minimum atomic E-state index is 0.00182. The Hall–Kier alpha value is -1.63. The first-order valence-electron chi connectivity index (χ1n) is 6.38. The fourth-order valence-electron chi connectivity index (χ4n) is 1.68. The lowest BCUT2D eigenvalue weighted by Crippen LogP contribution is -2.24. The van der Waals surface area contributed by atoms with E-state index in [0.29, 0.717) is 29.6 Å². The second kappa shape index (κ2) is 7.40. The van der Waals surface area contributed by atoms with Gasteiger partial charge in [0.05, 0.1) is 27.6 Å². The third kappa shape index (κ3) is 4.42. The van der Waals surface area contributed by atoms with E-state index in [2.05, 4.69) is 20.9 Å². The maximum Gasteiger partial charge on any atom is 0.221 e. The maximum atomic E-state index is 11.1. The van der Waals surface area contributed by atoms with Crippen molar-refractivity contribution in [3.05, 3.63) is 40.1 Å². The molecule has 6 nitrogen and oxygen atoms in total. The zero-order valence-electron chi connectivity index (χ0n) is 11.4. The number of benzene rings is 1. The van der Waals surface area contributed by atoms with Crippen molar-refractivity contribution in [2.75, 3.05) is 13.6 Å². The molecule has 0 aliphatic rings. The van der Waals surface area contributed by atoms with Gasteiger partial charge in [-0.1, -0.05) is 28.4 Å². The standard InChI is InChI=1S/C13H15Cl2N5O/c1-16-13(21)4-5-17-7-9-8-20(19-18-9)10-2-3-11(14)12(15)6-10/h2-3,6,8,17H,4-5,7H2,1H3,(H,16,21). The van der Waals surface area contributed by atoms with Gasteiger partial charge in [0.1, 0.15) is 0 Å². The van der Waals surface area contributed by atoms with Gasteiger partial charge >= 0.3 is 0 Å². The van der Waals surface area contributed by atoms with Crippen LogP contribution in [-0.4, -0.2) is 34.5 Å². The molecule has 21 heavy (non-hydrogen) atoms. The van der Waals surface area contributed by atoms with E-state index < -0.39 is 0 Å². The average Bonchev–Trinajstić information content (AvgIpc) is 2.95. The van der Waals surface area contributed by atoms with E-state index in [0.717, 1.165) is 11.4 Å². The predicted molar refractivity (Wildman–Crippen MR) is 81.8 cm³/mol. The molecule has 112 valence electrons. The van der Waals surface area contributed by atoms with Crippen LogP contribution >= 0.6 is 23.2 Å². The molecule has 2 rings (SSSR count). The second-order valence-corrected chi connectivity index (χ2v) is 5.17. The normalized spacial score (nSPS) is 10.6. The minimum Gasteiger partial charge on any atom is -0.359 e. The van der Waals surface area contributed by atoms with E-state index in [9.17, 15) is 4.79 Å². The number of halogens is 2. The Kier molecular flexibility index (Phi) is 5.55. The van der Waals surface area contributed by atoms with Crippen molar-refractivity contribution in [1.29, 1.82) is 0 Å². The van der Waals surface area contributed by atoms with E-state index >= 15 is 0 Å². The fourth-order valence-corrected chi connectivity index (χ4v) is 1.97. The van der Waals surface area contributed by atoms with Crippen molar-refractivity contribution in [2.45, 2.75) is 13.0 Å². The van der Waals surface area contributed by atoms with Gasteiger partial charge in [0, 0.05) is 26.6 Å². The van der Waals surface area contributed by atoms with Crippen LogP contribution in [0.3, 0.4) is 0 Å². The SMILES string of the molecule is CNC(=O)CCNCc1cn(-c2ccc(Cl)c(Cl)c2)nn1. The molecule has 1 aromatic heterocycles. The Morgan fingerprint density at radius 1 is 1.33 bits per heavy atom. The monoisotopic (exact) mass is 327 g/mol. The Morgan fingerprint density at radius 2 is 2.14 bits per heavy atom. The number of nitrogens with one attached hydrogen (secondary N) is 2. The zero-order chi connectivity index (χ0) is 15.2. The summed E-state index contributed by atoms with van der Waals surface area (Å²) in [6.45, 7) is 1.12. The van der Waals surface area contributed by atoms with Crippen molar-refractivity contribution < 1.29 is 4.79 Å². The van der Waals surface area contributed by atoms with Crippen LogP contribution < -0.4 is 10.6 Å². The van der Waals surface area contributed by atoms with Gasteiger partial charge in [-0.15, -0.1) is 5.10 Å². The average molecular weight is 328 g/mol. The number of amides is 1. The van der Waals surface area contributed by atoms with E-state index in [4.69, 9.17) is 23.2 Å². The topological polar surface area (TPSA) is 71.8 Å². The van der Waals surface area contributed by atoms with E-state index in [1.54, 1.807) is 30.1 Å². The molecule has 0 spiro atoms. The smallest absolute Gasteiger partial charge is 0.221 e. The molecule has 1 aromatic carbocycles. The molecule has 0 unspecified atom stereocenters. The number of hydrogen-bond acceptors (Lipinski definition) is 4. The summed E-state index contributed by atoms with van der Waals surface area (Å²) in [5.41, 5.74) is 1.56. The number of carbonyl (C=O) groups is 1. The highest BCUT2D eigenvalue weighted by molar-refractivity contribution is 6.42. The number of carbonyl (C=O) groups excluding carboxylic acids is 1. The largest absolute Gasteiger partial charge is 0.359 e. The highest BCUT2D eigenvalue weighted by Crippen LogP contribution is 2.24. The third-order valence-corrected chi connectivity index (χ3v) is 3.56. The molecule has 2 aromatic rings. The Labute approximate surface area is 132 Å². The molecule has 8 heteroatoms. The minimum absolute atomic E-state index is 0.00182. The van der Waals surface area contributed by atoms with Crippen LogP contribution in [0.2, 0.25) is 10.0 Å². The van der Waals surface area contributed by atoms with Crippen LogP contribution in [-0.2, 0) is 11.3 Å². The van der Waals surface area contributed by atoms with E-state index in [-0.39, 0.29) is 5.91 Å². The highest BCUT2D eigenvalue weighted by atomic mass is 35.5. The lowest BCUT2D eigenvalue weighted by atomic mass is 10.3. The molecule has 0 bridgehead atoms. The molecule has 0 aliphatic heterocycles. The van der Waals surface area contributed by atoms with Gasteiger partial charge in [-0.05, 0) is 18.2 Å². The first kappa shape index (κ1) is 15.8. The lowest BCUT2D eigenvalue weighted by molar-refractivity contribution is -0.120. The third-order valence-electron chi connectivity index (χ3n) is 2.82. The van der Waals surface area contributed by atoms with Crippen LogP contribution in [0.4, 0.5) is 0 Å². The summed E-state index contributed by atoms with van der Waals surface area (Å²) >= 11 is 11.8. The summed E-state index contributed by atoms with van der Waals surface area (Å²) in [6, 6.07) is 5.25. The molecule has 0 saturated carbocycles. The van der Waals surface area contributed by atoms with Crippen molar-refractivity contribution in [3.8, 4) is 5.69 Å². The van der Waals surface area contributed by atoms with Crippen LogP contribution in [0, 0.1) is 0 Å². The Bertz CT molecular complexity index is 629. The van der Waals surface area contributed by atoms with Gasteiger partial charge in [-0.25, -0.2) is 4.68 Å². The highest BCUT2D eigenvalue weighted by Gasteiger charge is 2.05. The van der Waals surface area contributed by atoms with Crippen molar-refractivity contribution >= 4 is 29.1 Å².